The lowest BCUT2D eigenvalue weighted by atomic mass is 10.0. The van der Waals surface area contributed by atoms with Crippen molar-refractivity contribution in [3.63, 3.8) is 0 Å². The Bertz CT molecular complexity index is 428. The van der Waals surface area contributed by atoms with E-state index >= 15 is 0 Å². The van der Waals surface area contributed by atoms with E-state index < -0.39 is 6.10 Å². The van der Waals surface area contributed by atoms with E-state index in [1.165, 1.54) is 0 Å². The number of aryl methyl sites for hydroxylation is 2. The Hall–Kier alpha value is -1.10. The number of piperazine rings is 1. The third kappa shape index (κ3) is 3.47. The summed E-state index contributed by atoms with van der Waals surface area (Å²) in [5.41, 5.74) is 3.14. The highest BCUT2D eigenvalue weighted by molar-refractivity contribution is 5.45. The number of methoxy groups -OCH3 is 1. The Balaban J connectivity index is 2.15. The predicted molar refractivity (Wildman–Crippen MR) is 76.7 cm³/mol. The molecule has 106 valence electrons. The zero-order valence-electron chi connectivity index (χ0n) is 12.1. The first-order valence-corrected chi connectivity index (χ1v) is 6.88. The summed E-state index contributed by atoms with van der Waals surface area (Å²) in [7, 11) is 1.67. The molecule has 1 aromatic rings. The van der Waals surface area contributed by atoms with Gasteiger partial charge in [-0.2, -0.15) is 0 Å². The molecule has 1 fully saturated rings. The molecule has 0 saturated carbocycles. The van der Waals surface area contributed by atoms with Gasteiger partial charge in [0.25, 0.3) is 0 Å². The van der Waals surface area contributed by atoms with Crippen molar-refractivity contribution in [1.29, 1.82) is 0 Å². The summed E-state index contributed by atoms with van der Waals surface area (Å²) < 4.78 is 5.45. The molecule has 0 aromatic heterocycles. The van der Waals surface area contributed by atoms with E-state index in [9.17, 15) is 5.11 Å². The topological polar surface area (TPSA) is 44.7 Å². The number of aliphatic hydroxyl groups is 1. The molecular formula is C15H24N2O2. The number of rotatable bonds is 4. The lowest BCUT2D eigenvalue weighted by Gasteiger charge is -2.29. The van der Waals surface area contributed by atoms with Crippen molar-refractivity contribution in [3.05, 3.63) is 28.8 Å². The van der Waals surface area contributed by atoms with Gasteiger partial charge in [0.05, 0.1) is 13.2 Å². The van der Waals surface area contributed by atoms with Crippen molar-refractivity contribution >= 4 is 0 Å². The van der Waals surface area contributed by atoms with Crippen LogP contribution in [0.25, 0.3) is 0 Å². The molecule has 1 unspecified atom stereocenters. The monoisotopic (exact) mass is 264 g/mol. The van der Waals surface area contributed by atoms with Gasteiger partial charge in [0.15, 0.2) is 0 Å². The molecule has 0 bridgehead atoms. The molecular weight excluding hydrogens is 240 g/mol. The normalized spacial score (nSPS) is 18.3. The fourth-order valence-corrected chi connectivity index (χ4v) is 2.75. The summed E-state index contributed by atoms with van der Waals surface area (Å²) in [5, 5.41) is 13.8. The number of nitrogens with zero attached hydrogens (tertiary/aromatic N) is 1. The smallest absolute Gasteiger partial charge is 0.127 e. The summed E-state index contributed by atoms with van der Waals surface area (Å²) in [6, 6.07) is 4.11. The van der Waals surface area contributed by atoms with E-state index in [4.69, 9.17) is 4.74 Å². The number of hydrogen-bond acceptors (Lipinski definition) is 4. The van der Waals surface area contributed by atoms with E-state index in [1.54, 1.807) is 7.11 Å². The summed E-state index contributed by atoms with van der Waals surface area (Å²) in [6.07, 6.45) is -0.494. The third-order valence-electron chi connectivity index (χ3n) is 3.65. The van der Waals surface area contributed by atoms with E-state index in [2.05, 4.69) is 16.3 Å². The van der Waals surface area contributed by atoms with Crippen molar-refractivity contribution in [3.8, 4) is 5.75 Å². The third-order valence-corrected chi connectivity index (χ3v) is 3.65. The van der Waals surface area contributed by atoms with Crippen LogP contribution in [0.15, 0.2) is 12.1 Å². The van der Waals surface area contributed by atoms with Gasteiger partial charge in [-0.1, -0.05) is 11.6 Å². The lowest BCUT2D eigenvalue weighted by molar-refractivity contribution is 0.103. The summed E-state index contributed by atoms with van der Waals surface area (Å²) in [4.78, 5) is 2.29. The standard InChI is InChI=1S/C15H24N2O2/c1-11-8-12(2)15(19-3)13(9-11)14(18)10-17-6-4-16-5-7-17/h8-9,14,16,18H,4-7,10H2,1-3H3. The highest BCUT2D eigenvalue weighted by atomic mass is 16.5. The van der Waals surface area contributed by atoms with Gasteiger partial charge in [-0.3, -0.25) is 4.90 Å². The largest absolute Gasteiger partial charge is 0.496 e. The second kappa shape index (κ2) is 6.37. The first-order valence-electron chi connectivity index (χ1n) is 6.88. The minimum absolute atomic E-state index is 0.494. The maximum absolute atomic E-state index is 10.5. The Labute approximate surface area is 115 Å². The van der Waals surface area contributed by atoms with Gasteiger partial charge >= 0.3 is 0 Å². The van der Waals surface area contributed by atoms with Gasteiger partial charge in [-0.25, -0.2) is 0 Å². The molecule has 1 aromatic carbocycles. The van der Waals surface area contributed by atoms with Gasteiger partial charge in [0, 0.05) is 38.3 Å². The number of nitrogens with one attached hydrogen (secondary N) is 1. The molecule has 1 heterocycles. The van der Waals surface area contributed by atoms with Crippen LogP contribution < -0.4 is 10.1 Å². The first kappa shape index (κ1) is 14.3. The summed E-state index contributed by atoms with van der Waals surface area (Å²) in [6.45, 7) is 8.71. The average molecular weight is 264 g/mol. The highest BCUT2D eigenvalue weighted by Crippen LogP contribution is 2.30. The molecule has 4 heteroatoms. The van der Waals surface area contributed by atoms with E-state index in [1.807, 2.05) is 19.9 Å². The van der Waals surface area contributed by atoms with Gasteiger partial charge in [-0.15, -0.1) is 0 Å². The molecule has 0 amide bonds. The van der Waals surface area contributed by atoms with Gasteiger partial charge in [0.2, 0.25) is 0 Å². The molecule has 0 spiro atoms. The second-order valence-corrected chi connectivity index (χ2v) is 5.27. The molecule has 1 aliphatic heterocycles. The molecule has 1 atom stereocenters. The SMILES string of the molecule is COc1c(C)cc(C)cc1C(O)CN1CCNCC1. The van der Waals surface area contributed by atoms with Gasteiger partial charge in [-0.05, 0) is 25.5 Å². The molecule has 1 saturated heterocycles. The van der Waals surface area contributed by atoms with Crippen LogP contribution >= 0.6 is 0 Å². The first-order chi connectivity index (χ1) is 9.11. The van der Waals surface area contributed by atoms with Crippen LogP contribution in [0.2, 0.25) is 0 Å². The maximum Gasteiger partial charge on any atom is 0.127 e. The van der Waals surface area contributed by atoms with E-state index in [0.717, 1.165) is 48.6 Å². The molecule has 1 aliphatic rings. The number of aliphatic hydroxyl groups excluding tert-OH is 1. The fraction of sp³-hybridized carbons (Fsp3) is 0.600. The Kier molecular flexibility index (Phi) is 4.80. The van der Waals surface area contributed by atoms with Crippen LogP contribution in [0.3, 0.4) is 0 Å². The minimum Gasteiger partial charge on any atom is -0.496 e. The molecule has 19 heavy (non-hydrogen) atoms. The molecule has 4 nitrogen and oxygen atoms in total. The van der Waals surface area contributed by atoms with Gasteiger partial charge < -0.3 is 15.2 Å². The van der Waals surface area contributed by atoms with Crippen LogP contribution in [0.5, 0.6) is 5.75 Å². The van der Waals surface area contributed by atoms with Crippen LogP contribution in [0, 0.1) is 13.8 Å². The summed E-state index contributed by atoms with van der Waals surface area (Å²) in [5.74, 6) is 0.813. The van der Waals surface area contributed by atoms with Crippen molar-refractivity contribution in [2.75, 3.05) is 39.8 Å². The van der Waals surface area contributed by atoms with Gasteiger partial charge in [0.1, 0.15) is 5.75 Å². The lowest BCUT2D eigenvalue weighted by Crippen LogP contribution is -2.45. The molecule has 0 radical (unpaired) electrons. The molecule has 2 rings (SSSR count). The van der Waals surface area contributed by atoms with Crippen LogP contribution in [0.1, 0.15) is 22.8 Å². The van der Waals surface area contributed by atoms with Crippen molar-refractivity contribution in [2.24, 2.45) is 0 Å². The Morgan fingerprint density at radius 1 is 1.32 bits per heavy atom. The highest BCUT2D eigenvalue weighted by Gasteiger charge is 2.20. The zero-order chi connectivity index (χ0) is 13.8. The van der Waals surface area contributed by atoms with E-state index in [-0.39, 0.29) is 0 Å². The van der Waals surface area contributed by atoms with Crippen LogP contribution in [-0.4, -0.2) is 49.8 Å². The number of benzene rings is 1. The van der Waals surface area contributed by atoms with Crippen molar-refractivity contribution in [2.45, 2.75) is 20.0 Å². The number of ether oxygens (including phenoxy) is 1. The van der Waals surface area contributed by atoms with E-state index in [0.29, 0.717) is 6.54 Å². The average Bonchev–Trinajstić information content (AvgIpc) is 2.39. The minimum atomic E-state index is -0.494. The molecule has 2 N–H and O–H groups in total. The zero-order valence-corrected chi connectivity index (χ0v) is 12.1. The second-order valence-electron chi connectivity index (χ2n) is 5.27. The number of β-amino-alcohol motifs (C(OH)–C–C–N with tert-alkyl or cyclic N) is 1. The Morgan fingerprint density at radius 3 is 2.63 bits per heavy atom. The van der Waals surface area contributed by atoms with Crippen LogP contribution in [0.4, 0.5) is 0 Å². The van der Waals surface area contributed by atoms with Crippen molar-refractivity contribution in [1.82, 2.24) is 10.2 Å². The van der Waals surface area contributed by atoms with Crippen LogP contribution in [-0.2, 0) is 0 Å². The van der Waals surface area contributed by atoms with Crippen molar-refractivity contribution < 1.29 is 9.84 Å². The quantitative estimate of drug-likeness (QED) is 0.859. The summed E-state index contributed by atoms with van der Waals surface area (Å²) >= 11 is 0. The predicted octanol–water partition coefficient (Wildman–Crippen LogP) is 1.25. The number of hydrogen-bond donors (Lipinski definition) is 2. The maximum atomic E-state index is 10.5. The fourth-order valence-electron chi connectivity index (χ4n) is 2.75. The molecule has 0 aliphatic carbocycles. The Morgan fingerprint density at radius 2 is 2.00 bits per heavy atom.